The summed E-state index contributed by atoms with van der Waals surface area (Å²) in [5.74, 6) is -2.20. The molecule has 0 radical (unpaired) electrons. The van der Waals surface area contributed by atoms with Crippen LogP contribution >= 0.6 is 0 Å². The van der Waals surface area contributed by atoms with Gasteiger partial charge in [0.2, 0.25) is 5.92 Å². The quantitative estimate of drug-likeness (QED) is 0.660. The Hall–Kier alpha value is -1.99. The third-order valence-electron chi connectivity index (χ3n) is 6.62. The maximum Gasteiger partial charge on any atom is 0.248 e. The van der Waals surface area contributed by atoms with E-state index in [1.807, 2.05) is 24.3 Å². The lowest BCUT2D eigenvalue weighted by Crippen LogP contribution is -2.50. The van der Waals surface area contributed by atoms with Gasteiger partial charge in [-0.25, -0.2) is 17.2 Å². The first-order valence-electron chi connectivity index (χ1n) is 10.9. The van der Waals surface area contributed by atoms with Gasteiger partial charge in [-0.2, -0.15) is 0 Å². The summed E-state index contributed by atoms with van der Waals surface area (Å²) in [6.07, 6.45) is 2.36. The molecule has 2 aromatic rings. The summed E-state index contributed by atoms with van der Waals surface area (Å²) in [5, 5.41) is 0. The number of hydrogen-bond donors (Lipinski definition) is 0. The highest BCUT2D eigenvalue weighted by Gasteiger charge is 2.37. The molecule has 1 saturated carbocycles. The zero-order valence-electron chi connectivity index (χ0n) is 17.9. The summed E-state index contributed by atoms with van der Waals surface area (Å²) in [7, 11) is -3.27. The topological polar surface area (TPSA) is 40.6 Å². The van der Waals surface area contributed by atoms with E-state index in [9.17, 15) is 17.2 Å². The molecule has 0 bridgehead atoms. The fourth-order valence-corrected chi connectivity index (χ4v) is 5.45. The predicted octanol–water partition coefficient (Wildman–Crippen LogP) is 4.78. The second kappa shape index (κ2) is 8.87. The van der Waals surface area contributed by atoms with Gasteiger partial charge in [0.1, 0.15) is 0 Å². The lowest BCUT2D eigenvalue weighted by atomic mass is 9.85. The molecule has 0 N–H and O–H groups in total. The molecule has 1 aliphatic heterocycles. The van der Waals surface area contributed by atoms with Crippen LogP contribution in [-0.2, 0) is 9.84 Å². The largest absolute Gasteiger partial charge is 0.368 e. The number of benzene rings is 2. The molecule has 168 valence electrons. The number of rotatable bonds is 5. The number of alkyl halides is 2. The number of sulfone groups is 1. The molecule has 0 spiro atoms. The van der Waals surface area contributed by atoms with E-state index in [1.54, 1.807) is 18.2 Å². The van der Waals surface area contributed by atoms with Crippen molar-refractivity contribution in [2.75, 3.05) is 37.3 Å². The van der Waals surface area contributed by atoms with Gasteiger partial charge in [-0.05, 0) is 42.5 Å². The van der Waals surface area contributed by atoms with Gasteiger partial charge in [-0.3, -0.25) is 4.90 Å². The second-order valence-corrected chi connectivity index (χ2v) is 11.0. The molecule has 1 aliphatic carbocycles. The number of halogens is 2. The van der Waals surface area contributed by atoms with E-state index in [0.717, 1.165) is 31.9 Å². The van der Waals surface area contributed by atoms with Gasteiger partial charge >= 0.3 is 0 Å². The number of anilines is 1. The van der Waals surface area contributed by atoms with E-state index < -0.39 is 15.8 Å². The van der Waals surface area contributed by atoms with Crippen LogP contribution in [0.2, 0.25) is 0 Å². The van der Waals surface area contributed by atoms with Crippen LogP contribution in [0.25, 0.3) is 0 Å². The van der Waals surface area contributed by atoms with Gasteiger partial charge in [0.15, 0.2) is 9.84 Å². The minimum absolute atomic E-state index is 0.00802. The minimum atomic E-state index is -3.27. The normalized spacial score (nSPS) is 23.1. The highest BCUT2D eigenvalue weighted by Crippen LogP contribution is 2.38. The van der Waals surface area contributed by atoms with Crippen LogP contribution in [0.3, 0.4) is 0 Å². The van der Waals surface area contributed by atoms with Crippen molar-refractivity contribution in [1.82, 2.24) is 4.90 Å². The summed E-state index contributed by atoms with van der Waals surface area (Å²) >= 11 is 0. The molecule has 1 unspecified atom stereocenters. The van der Waals surface area contributed by atoms with Gasteiger partial charge in [-0.15, -0.1) is 0 Å². The smallest absolute Gasteiger partial charge is 0.248 e. The highest BCUT2D eigenvalue weighted by atomic mass is 32.2. The monoisotopic (exact) mass is 448 g/mol. The maximum absolute atomic E-state index is 13.6. The number of nitrogens with zero attached hydrogens (tertiary/aromatic N) is 2. The van der Waals surface area contributed by atoms with Crippen molar-refractivity contribution >= 4 is 15.5 Å². The van der Waals surface area contributed by atoms with Crippen molar-refractivity contribution in [2.24, 2.45) is 5.92 Å². The third-order valence-corrected chi connectivity index (χ3v) is 7.73. The molecule has 2 aliphatic rings. The average Bonchev–Trinajstić information content (AvgIpc) is 2.75. The summed E-state index contributed by atoms with van der Waals surface area (Å²) < 4.78 is 51.2. The summed E-state index contributed by atoms with van der Waals surface area (Å²) in [6.45, 7) is 3.15. The molecule has 1 heterocycles. The van der Waals surface area contributed by atoms with Crippen molar-refractivity contribution in [3.8, 4) is 0 Å². The lowest BCUT2D eigenvalue weighted by molar-refractivity contribution is -0.0504. The van der Waals surface area contributed by atoms with Crippen LogP contribution in [0.4, 0.5) is 14.5 Å². The molecular weight excluding hydrogens is 418 g/mol. The lowest BCUT2D eigenvalue weighted by Gasteiger charge is -2.44. The fourth-order valence-electron chi connectivity index (χ4n) is 4.79. The van der Waals surface area contributed by atoms with E-state index >= 15 is 0 Å². The van der Waals surface area contributed by atoms with Crippen LogP contribution in [0, 0.1) is 5.92 Å². The van der Waals surface area contributed by atoms with E-state index in [1.165, 1.54) is 11.8 Å². The van der Waals surface area contributed by atoms with Crippen molar-refractivity contribution in [2.45, 2.75) is 42.5 Å². The van der Waals surface area contributed by atoms with Crippen LogP contribution < -0.4 is 4.90 Å². The first-order valence-corrected chi connectivity index (χ1v) is 12.8. The van der Waals surface area contributed by atoms with Crippen molar-refractivity contribution in [3.63, 3.8) is 0 Å². The number of piperazine rings is 1. The van der Waals surface area contributed by atoms with E-state index in [-0.39, 0.29) is 18.9 Å². The molecule has 2 aromatic carbocycles. The molecule has 4 nitrogen and oxygen atoms in total. The first kappa shape index (κ1) is 22.2. The van der Waals surface area contributed by atoms with Gasteiger partial charge in [-0.1, -0.05) is 36.4 Å². The highest BCUT2D eigenvalue weighted by molar-refractivity contribution is 7.90. The van der Waals surface area contributed by atoms with E-state index in [0.29, 0.717) is 23.7 Å². The Morgan fingerprint density at radius 3 is 2.39 bits per heavy atom. The van der Waals surface area contributed by atoms with Crippen molar-refractivity contribution < 1.29 is 17.2 Å². The van der Waals surface area contributed by atoms with E-state index in [2.05, 4.69) is 21.9 Å². The van der Waals surface area contributed by atoms with Gasteiger partial charge in [0.25, 0.3) is 0 Å². The maximum atomic E-state index is 13.6. The second-order valence-electron chi connectivity index (χ2n) is 8.94. The fraction of sp³-hybridized carbons (Fsp3) is 0.500. The molecule has 7 heteroatoms. The van der Waals surface area contributed by atoms with E-state index in [4.69, 9.17) is 0 Å². The molecule has 1 saturated heterocycles. The molecule has 0 aromatic heterocycles. The molecule has 31 heavy (non-hydrogen) atoms. The molecule has 1 atom stereocenters. The SMILES string of the molecule is CS(=O)(=O)c1cccc(N2CCN(CC3CCC(F)(F)CC3)C(c3ccccc3)C2)c1. The van der Waals surface area contributed by atoms with Crippen LogP contribution in [0.5, 0.6) is 0 Å². The standard InChI is InChI=1S/C24H30F2N2O2S/c1-31(29,30)22-9-5-8-21(16-22)27-14-15-28(17-19-10-12-24(25,26)13-11-19)23(18-27)20-6-3-2-4-7-20/h2-9,16,19,23H,10-15,17-18H2,1H3. The van der Waals surface area contributed by atoms with Crippen LogP contribution in [0.15, 0.2) is 59.5 Å². The molecule has 4 rings (SSSR count). The Balaban J connectivity index is 1.53. The Labute approximate surface area is 183 Å². The molecule has 2 fully saturated rings. The molecular formula is C24H30F2N2O2S. The third kappa shape index (κ3) is 5.44. The zero-order chi connectivity index (χ0) is 22.1. The van der Waals surface area contributed by atoms with Crippen LogP contribution in [0.1, 0.15) is 37.3 Å². The van der Waals surface area contributed by atoms with Gasteiger partial charge in [0.05, 0.1) is 10.9 Å². The Kier molecular flexibility index (Phi) is 6.35. The first-order chi connectivity index (χ1) is 14.7. The Morgan fingerprint density at radius 1 is 1.00 bits per heavy atom. The Bertz CT molecular complexity index is 988. The van der Waals surface area contributed by atoms with Crippen molar-refractivity contribution in [1.29, 1.82) is 0 Å². The van der Waals surface area contributed by atoms with Crippen molar-refractivity contribution in [3.05, 3.63) is 60.2 Å². The minimum Gasteiger partial charge on any atom is -0.368 e. The van der Waals surface area contributed by atoms with Gasteiger partial charge < -0.3 is 4.90 Å². The number of hydrogen-bond acceptors (Lipinski definition) is 4. The zero-order valence-corrected chi connectivity index (χ0v) is 18.7. The summed E-state index contributed by atoms with van der Waals surface area (Å²) in [6, 6.07) is 17.5. The predicted molar refractivity (Wildman–Crippen MR) is 119 cm³/mol. The molecule has 0 amide bonds. The Morgan fingerprint density at radius 2 is 1.71 bits per heavy atom. The average molecular weight is 449 g/mol. The van der Waals surface area contributed by atoms with Crippen LogP contribution in [-0.4, -0.2) is 51.7 Å². The van der Waals surface area contributed by atoms with Gasteiger partial charge in [0, 0.05) is 51.0 Å². The summed E-state index contributed by atoms with van der Waals surface area (Å²) in [4.78, 5) is 4.99. The summed E-state index contributed by atoms with van der Waals surface area (Å²) in [5.41, 5.74) is 2.11.